The second-order valence-electron chi connectivity index (χ2n) is 8.00. The zero-order valence-electron chi connectivity index (χ0n) is 19.8. The number of hydrogen-bond donors (Lipinski definition) is 2. The Morgan fingerprint density at radius 1 is 0.923 bits per heavy atom. The van der Waals surface area contributed by atoms with E-state index in [1.807, 2.05) is 0 Å². The quantitative estimate of drug-likeness (QED) is 0.254. The van der Waals surface area contributed by atoms with Crippen LogP contribution in [-0.2, 0) is 10.0 Å². The van der Waals surface area contributed by atoms with Gasteiger partial charge >= 0.3 is 0 Å². The predicted molar refractivity (Wildman–Crippen MR) is 139 cm³/mol. The maximum atomic E-state index is 14.2. The van der Waals surface area contributed by atoms with Crippen LogP contribution in [0.3, 0.4) is 0 Å². The number of benzene rings is 2. The van der Waals surface area contributed by atoms with Gasteiger partial charge in [0.15, 0.2) is 5.82 Å². The highest BCUT2D eigenvalue weighted by Gasteiger charge is 2.22. The fourth-order valence-electron chi connectivity index (χ4n) is 3.62. The minimum absolute atomic E-state index is 0.0770. The van der Waals surface area contributed by atoms with Crippen LogP contribution < -0.4 is 14.8 Å². The van der Waals surface area contributed by atoms with E-state index in [0.717, 1.165) is 12.1 Å². The molecule has 0 saturated heterocycles. The fraction of sp³-hybridized carbons (Fsp3) is 0.0400. The molecule has 9 nitrogen and oxygen atoms in total. The molecule has 0 unspecified atom stereocenters. The van der Waals surface area contributed by atoms with Crippen molar-refractivity contribution in [2.75, 3.05) is 17.1 Å². The number of nitrogens with one attached hydrogen (secondary N) is 2. The van der Waals surface area contributed by atoms with E-state index < -0.39 is 32.4 Å². The molecule has 39 heavy (non-hydrogen) atoms. The van der Waals surface area contributed by atoms with Crippen molar-refractivity contribution in [1.29, 1.82) is 0 Å². The van der Waals surface area contributed by atoms with Crippen LogP contribution in [0, 0.1) is 17.5 Å². The summed E-state index contributed by atoms with van der Waals surface area (Å²) in [6, 6.07) is 10.9. The van der Waals surface area contributed by atoms with E-state index in [9.17, 15) is 21.6 Å². The van der Waals surface area contributed by atoms with Crippen LogP contribution >= 0.6 is 11.6 Å². The van der Waals surface area contributed by atoms with Crippen molar-refractivity contribution in [3.8, 4) is 17.1 Å². The Labute approximate surface area is 224 Å². The number of methoxy groups -OCH3 is 1. The molecule has 0 amide bonds. The SMILES string of the molecule is COc1ncc(-c2ccc3ncnc(Nc4ccc(F)c(Cl)c4)c3n2)cc1NS(=O)(=O)c1ccc(F)cc1F. The number of sulfonamides is 1. The smallest absolute Gasteiger partial charge is 0.264 e. The first-order valence-corrected chi connectivity index (χ1v) is 12.9. The van der Waals surface area contributed by atoms with Gasteiger partial charge in [0, 0.05) is 23.5 Å². The van der Waals surface area contributed by atoms with Gasteiger partial charge in [-0.1, -0.05) is 11.6 Å². The van der Waals surface area contributed by atoms with Gasteiger partial charge in [-0.15, -0.1) is 0 Å². The summed E-state index contributed by atoms with van der Waals surface area (Å²) >= 11 is 5.88. The molecule has 0 aliphatic carbocycles. The van der Waals surface area contributed by atoms with Gasteiger partial charge in [0.2, 0.25) is 5.88 Å². The van der Waals surface area contributed by atoms with E-state index in [1.54, 1.807) is 12.1 Å². The molecule has 3 heterocycles. The van der Waals surface area contributed by atoms with Crippen LogP contribution in [0.4, 0.5) is 30.4 Å². The molecule has 0 aliphatic heterocycles. The molecule has 0 saturated carbocycles. The molecule has 3 aromatic heterocycles. The van der Waals surface area contributed by atoms with Crippen LogP contribution in [0.2, 0.25) is 5.02 Å². The average molecular weight is 573 g/mol. The third-order valence-corrected chi connectivity index (χ3v) is 7.12. The summed E-state index contributed by atoms with van der Waals surface area (Å²) in [7, 11) is -3.19. The molecular weight excluding hydrogens is 557 g/mol. The number of rotatable bonds is 7. The van der Waals surface area contributed by atoms with Crippen molar-refractivity contribution in [2.45, 2.75) is 4.90 Å². The first-order valence-electron chi connectivity index (χ1n) is 11.0. The van der Waals surface area contributed by atoms with Gasteiger partial charge in [0.05, 0.1) is 23.3 Å². The van der Waals surface area contributed by atoms with Crippen molar-refractivity contribution in [3.63, 3.8) is 0 Å². The number of anilines is 3. The summed E-state index contributed by atoms with van der Waals surface area (Å²) < 4.78 is 74.2. The summed E-state index contributed by atoms with van der Waals surface area (Å²) in [4.78, 5) is 16.4. The lowest BCUT2D eigenvalue weighted by atomic mass is 10.1. The number of ether oxygens (including phenoxy) is 1. The zero-order valence-corrected chi connectivity index (χ0v) is 21.4. The van der Waals surface area contributed by atoms with E-state index in [0.29, 0.717) is 39.9 Å². The predicted octanol–water partition coefficient (Wildman–Crippen LogP) is 5.71. The fourth-order valence-corrected chi connectivity index (χ4v) is 4.91. The molecule has 0 spiro atoms. The number of aromatic nitrogens is 4. The first-order chi connectivity index (χ1) is 18.6. The summed E-state index contributed by atoms with van der Waals surface area (Å²) in [5.74, 6) is -2.54. The number of hydrogen-bond acceptors (Lipinski definition) is 8. The Hall–Kier alpha value is -4.49. The third kappa shape index (κ3) is 5.40. The number of halogens is 4. The maximum absolute atomic E-state index is 14.2. The van der Waals surface area contributed by atoms with Gasteiger partial charge in [0.25, 0.3) is 10.0 Å². The van der Waals surface area contributed by atoms with Crippen LogP contribution in [0.1, 0.15) is 0 Å². The maximum Gasteiger partial charge on any atom is 0.264 e. The molecule has 198 valence electrons. The Balaban J connectivity index is 1.53. The molecule has 0 aliphatic rings. The van der Waals surface area contributed by atoms with E-state index in [-0.39, 0.29) is 16.6 Å². The number of fused-ring (bicyclic) bond motifs is 1. The lowest BCUT2D eigenvalue weighted by Gasteiger charge is -2.13. The first kappa shape index (κ1) is 26.1. The lowest BCUT2D eigenvalue weighted by Crippen LogP contribution is -2.16. The minimum atomic E-state index is -4.47. The standard InChI is InChI=1S/C25H16ClF3N6O3S/c1-38-25-21(35-39(36,37)22-7-2-14(27)9-18(22)29)8-13(11-30-25)19-5-6-20-23(34-19)24(32-12-31-20)33-15-3-4-17(28)16(26)10-15/h2-12,35H,1H3,(H,31,32,33). The summed E-state index contributed by atoms with van der Waals surface area (Å²) in [6.07, 6.45) is 2.73. The number of pyridine rings is 2. The van der Waals surface area contributed by atoms with Crippen LogP contribution in [-0.4, -0.2) is 35.5 Å². The van der Waals surface area contributed by atoms with Crippen molar-refractivity contribution in [2.24, 2.45) is 0 Å². The second kappa shape index (κ2) is 10.3. The topological polar surface area (TPSA) is 119 Å². The molecular formula is C25H16ClF3N6O3S. The Morgan fingerprint density at radius 3 is 2.49 bits per heavy atom. The van der Waals surface area contributed by atoms with E-state index in [2.05, 4.69) is 30.0 Å². The third-order valence-electron chi connectivity index (χ3n) is 5.43. The monoisotopic (exact) mass is 572 g/mol. The highest BCUT2D eigenvalue weighted by Crippen LogP contribution is 2.32. The van der Waals surface area contributed by atoms with E-state index in [4.69, 9.17) is 16.3 Å². The van der Waals surface area contributed by atoms with Gasteiger partial charge in [-0.05, 0) is 48.5 Å². The van der Waals surface area contributed by atoms with Crippen molar-refractivity contribution in [1.82, 2.24) is 19.9 Å². The molecule has 14 heteroatoms. The molecule has 2 aromatic carbocycles. The summed E-state index contributed by atoms with van der Waals surface area (Å²) in [5, 5.41) is 2.95. The van der Waals surface area contributed by atoms with Gasteiger partial charge in [-0.3, -0.25) is 4.72 Å². The van der Waals surface area contributed by atoms with Crippen LogP contribution in [0.15, 0.2) is 72.0 Å². The van der Waals surface area contributed by atoms with Crippen LogP contribution in [0.5, 0.6) is 5.88 Å². The molecule has 0 fully saturated rings. The van der Waals surface area contributed by atoms with Gasteiger partial charge < -0.3 is 10.1 Å². The van der Waals surface area contributed by atoms with Crippen LogP contribution in [0.25, 0.3) is 22.3 Å². The Morgan fingerprint density at radius 2 is 1.74 bits per heavy atom. The lowest BCUT2D eigenvalue weighted by molar-refractivity contribution is 0.400. The molecule has 0 bridgehead atoms. The van der Waals surface area contributed by atoms with E-state index in [1.165, 1.54) is 43.9 Å². The number of nitrogens with zero attached hydrogens (tertiary/aromatic N) is 4. The normalized spacial score (nSPS) is 11.4. The molecule has 5 rings (SSSR count). The summed E-state index contributed by atoms with van der Waals surface area (Å²) in [6.45, 7) is 0. The molecule has 2 N–H and O–H groups in total. The molecule has 5 aromatic rings. The highest BCUT2D eigenvalue weighted by atomic mass is 35.5. The Kier molecular flexibility index (Phi) is 6.93. The second-order valence-corrected chi connectivity index (χ2v) is 10.1. The minimum Gasteiger partial charge on any atom is -0.480 e. The Bertz CT molecular complexity index is 1840. The van der Waals surface area contributed by atoms with Crippen molar-refractivity contribution >= 4 is 49.9 Å². The van der Waals surface area contributed by atoms with Gasteiger partial charge in [-0.2, -0.15) is 0 Å². The highest BCUT2D eigenvalue weighted by molar-refractivity contribution is 7.92. The largest absolute Gasteiger partial charge is 0.480 e. The zero-order chi connectivity index (χ0) is 27.7. The van der Waals surface area contributed by atoms with Crippen molar-refractivity contribution < 1.29 is 26.3 Å². The van der Waals surface area contributed by atoms with Gasteiger partial charge in [-0.25, -0.2) is 41.5 Å². The summed E-state index contributed by atoms with van der Waals surface area (Å²) in [5.41, 5.74) is 1.92. The van der Waals surface area contributed by atoms with E-state index >= 15 is 0 Å². The van der Waals surface area contributed by atoms with Gasteiger partial charge in [0.1, 0.15) is 39.9 Å². The molecule has 0 atom stereocenters. The molecule has 0 radical (unpaired) electrons. The average Bonchev–Trinajstić information content (AvgIpc) is 2.90. The van der Waals surface area contributed by atoms with Crippen molar-refractivity contribution in [3.05, 3.63) is 89.6 Å².